The number of rotatable bonds is 3. The van der Waals surface area contributed by atoms with Crippen molar-refractivity contribution in [3.63, 3.8) is 0 Å². The molecule has 11 heavy (non-hydrogen) atoms. The van der Waals surface area contributed by atoms with Gasteiger partial charge in [-0.1, -0.05) is 13.8 Å². The molecule has 3 N–H and O–H groups in total. The van der Waals surface area contributed by atoms with Gasteiger partial charge in [0.1, 0.15) is 4.87 Å². The summed E-state index contributed by atoms with van der Waals surface area (Å²) >= 11 is 0. The highest BCUT2D eigenvalue weighted by Gasteiger charge is 2.33. The van der Waals surface area contributed by atoms with Crippen LogP contribution in [0.4, 0.5) is 0 Å². The van der Waals surface area contributed by atoms with Crippen LogP contribution in [0.15, 0.2) is 0 Å². The Morgan fingerprint density at radius 3 is 2.00 bits per heavy atom. The van der Waals surface area contributed by atoms with Gasteiger partial charge in [-0.15, -0.1) is 0 Å². The molecule has 0 saturated heterocycles. The van der Waals surface area contributed by atoms with Crippen molar-refractivity contribution < 1.29 is 13.0 Å². The van der Waals surface area contributed by atoms with Crippen molar-refractivity contribution in [3.05, 3.63) is 0 Å². The van der Waals surface area contributed by atoms with E-state index in [9.17, 15) is 8.42 Å². The zero-order chi connectivity index (χ0) is 9.28. The SMILES string of the molecule is CC(C)CC(C)(N)S(=O)(=O)O. The smallest absolute Gasteiger partial charge is 0.283 e. The fourth-order valence-corrected chi connectivity index (χ4v) is 1.46. The van der Waals surface area contributed by atoms with Gasteiger partial charge in [-0.25, -0.2) is 0 Å². The summed E-state index contributed by atoms with van der Waals surface area (Å²) in [5, 5.41) is 0. The monoisotopic (exact) mass is 181 g/mol. The molecule has 68 valence electrons. The molecular weight excluding hydrogens is 166 g/mol. The van der Waals surface area contributed by atoms with E-state index < -0.39 is 15.0 Å². The summed E-state index contributed by atoms with van der Waals surface area (Å²) in [6.45, 7) is 4.99. The van der Waals surface area contributed by atoms with Gasteiger partial charge in [0, 0.05) is 0 Å². The molecule has 0 aliphatic heterocycles. The van der Waals surface area contributed by atoms with Gasteiger partial charge in [-0.05, 0) is 19.3 Å². The summed E-state index contributed by atoms with van der Waals surface area (Å²) in [6.07, 6.45) is 0.256. The highest BCUT2D eigenvalue weighted by atomic mass is 32.2. The van der Waals surface area contributed by atoms with Crippen LogP contribution in [0.1, 0.15) is 27.2 Å². The van der Waals surface area contributed by atoms with E-state index in [0.717, 1.165) is 0 Å². The minimum absolute atomic E-state index is 0.145. The predicted octanol–water partition coefficient (Wildman–Crippen LogP) is 0.595. The number of hydrogen-bond acceptors (Lipinski definition) is 3. The highest BCUT2D eigenvalue weighted by molar-refractivity contribution is 7.87. The molecule has 0 aromatic heterocycles. The Balaban J connectivity index is 4.49. The number of hydrogen-bond donors (Lipinski definition) is 2. The average molecular weight is 181 g/mol. The van der Waals surface area contributed by atoms with E-state index in [4.69, 9.17) is 10.3 Å². The van der Waals surface area contributed by atoms with Gasteiger partial charge in [0.2, 0.25) is 0 Å². The molecule has 5 heteroatoms. The first-order chi connectivity index (χ1) is 4.67. The Kier molecular flexibility index (Phi) is 3.05. The molecule has 0 rings (SSSR count). The molecular formula is C6H15NO3S. The largest absolute Gasteiger partial charge is 0.311 e. The second-order valence-electron chi connectivity index (χ2n) is 3.39. The lowest BCUT2D eigenvalue weighted by atomic mass is 10.1. The molecule has 0 bridgehead atoms. The van der Waals surface area contributed by atoms with Crippen molar-refractivity contribution in [1.29, 1.82) is 0 Å². The molecule has 0 aliphatic rings. The van der Waals surface area contributed by atoms with Crippen molar-refractivity contribution in [3.8, 4) is 0 Å². The van der Waals surface area contributed by atoms with E-state index in [-0.39, 0.29) is 12.3 Å². The summed E-state index contributed by atoms with van der Waals surface area (Å²) in [4.78, 5) is -1.51. The van der Waals surface area contributed by atoms with Gasteiger partial charge in [0.15, 0.2) is 0 Å². The maximum atomic E-state index is 10.6. The second-order valence-corrected chi connectivity index (χ2v) is 5.27. The predicted molar refractivity (Wildman–Crippen MR) is 43.6 cm³/mol. The van der Waals surface area contributed by atoms with Crippen LogP contribution < -0.4 is 5.73 Å². The van der Waals surface area contributed by atoms with Crippen LogP contribution in [-0.2, 0) is 10.1 Å². The third-order valence-corrected chi connectivity index (χ3v) is 2.75. The van der Waals surface area contributed by atoms with Gasteiger partial charge in [0.25, 0.3) is 10.1 Å². The molecule has 0 aromatic rings. The van der Waals surface area contributed by atoms with Crippen molar-refractivity contribution >= 4 is 10.1 Å². The van der Waals surface area contributed by atoms with Gasteiger partial charge in [-0.3, -0.25) is 4.55 Å². The Hall–Kier alpha value is -0.130. The fourth-order valence-electron chi connectivity index (χ4n) is 0.916. The van der Waals surface area contributed by atoms with E-state index in [2.05, 4.69) is 0 Å². The molecule has 1 atom stereocenters. The molecule has 0 radical (unpaired) electrons. The molecule has 0 spiro atoms. The van der Waals surface area contributed by atoms with Crippen molar-refractivity contribution in [1.82, 2.24) is 0 Å². The zero-order valence-corrected chi connectivity index (χ0v) is 7.85. The second kappa shape index (κ2) is 3.08. The summed E-state index contributed by atoms with van der Waals surface area (Å²) in [7, 11) is -4.12. The van der Waals surface area contributed by atoms with Crippen LogP contribution in [0.5, 0.6) is 0 Å². The minimum atomic E-state index is -4.12. The Bertz CT molecular complexity index is 218. The first-order valence-corrected chi connectivity index (χ1v) is 4.87. The van der Waals surface area contributed by atoms with Crippen molar-refractivity contribution in [2.24, 2.45) is 11.7 Å². The van der Waals surface area contributed by atoms with Gasteiger partial charge in [0.05, 0.1) is 0 Å². The quantitative estimate of drug-likeness (QED) is 0.625. The van der Waals surface area contributed by atoms with Crippen LogP contribution in [0.25, 0.3) is 0 Å². The van der Waals surface area contributed by atoms with Crippen LogP contribution in [-0.4, -0.2) is 17.8 Å². The topological polar surface area (TPSA) is 80.4 Å². The van der Waals surface area contributed by atoms with Gasteiger partial charge < -0.3 is 5.73 Å². The lowest BCUT2D eigenvalue weighted by molar-refractivity contribution is 0.395. The highest BCUT2D eigenvalue weighted by Crippen LogP contribution is 2.18. The Morgan fingerprint density at radius 2 is 1.91 bits per heavy atom. The lowest BCUT2D eigenvalue weighted by Gasteiger charge is -2.22. The maximum absolute atomic E-state index is 10.6. The Labute approximate surface area is 67.5 Å². The van der Waals surface area contributed by atoms with E-state index >= 15 is 0 Å². The van der Waals surface area contributed by atoms with Crippen LogP contribution in [0.3, 0.4) is 0 Å². The third-order valence-electron chi connectivity index (χ3n) is 1.40. The normalized spacial score (nSPS) is 18.4. The van der Waals surface area contributed by atoms with Crippen LogP contribution in [0.2, 0.25) is 0 Å². The van der Waals surface area contributed by atoms with E-state index in [1.165, 1.54) is 6.92 Å². The molecule has 0 saturated carbocycles. The van der Waals surface area contributed by atoms with Gasteiger partial charge >= 0.3 is 0 Å². The molecule has 0 amide bonds. The first-order valence-electron chi connectivity index (χ1n) is 3.43. The lowest BCUT2D eigenvalue weighted by Crippen LogP contribution is -2.45. The van der Waals surface area contributed by atoms with Crippen LogP contribution >= 0.6 is 0 Å². The van der Waals surface area contributed by atoms with Crippen molar-refractivity contribution in [2.45, 2.75) is 32.1 Å². The average Bonchev–Trinajstić information content (AvgIpc) is 1.56. The molecule has 4 nitrogen and oxygen atoms in total. The summed E-state index contributed by atoms with van der Waals surface area (Å²) in [5.74, 6) is 0.145. The molecule has 0 aliphatic carbocycles. The summed E-state index contributed by atoms with van der Waals surface area (Å²) in [6, 6.07) is 0. The summed E-state index contributed by atoms with van der Waals surface area (Å²) < 4.78 is 29.9. The van der Waals surface area contributed by atoms with Gasteiger partial charge in [-0.2, -0.15) is 8.42 Å². The van der Waals surface area contributed by atoms with E-state index in [1.54, 1.807) is 0 Å². The van der Waals surface area contributed by atoms with Crippen molar-refractivity contribution in [2.75, 3.05) is 0 Å². The first kappa shape index (κ1) is 10.9. The molecule has 0 heterocycles. The third kappa shape index (κ3) is 3.18. The van der Waals surface area contributed by atoms with Crippen LogP contribution in [0, 0.1) is 5.92 Å². The summed E-state index contributed by atoms with van der Waals surface area (Å²) in [5.41, 5.74) is 5.36. The molecule has 1 unspecified atom stereocenters. The molecule has 0 aromatic carbocycles. The molecule has 0 fully saturated rings. The van der Waals surface area contributed by atoms with E-state index in [1.807, 2.05) is 13.8 Å². The maximum Gasteiger partial charge on any atom is 0.283 e. The fraction of sp³-hybridized carbons (Fsp3) is 1.00. The minimum Gasteiger partial charge on any atom is -0.311 e. The zero-order valence-electron chi connectivity index (χ0n) is 7.03. The Morgan fingerprint density at radius 1 is 1.55 bits per heavy atom. The standard InChI is InChI=1S/C6H15NO3S/c1-5(2)4-6(3,7)11(8,9)10/h5H,4,7H2,1-3H3,(H,8,9,10). The number of nitrogens with two attached hydrogens (primary N) is 1. The van der Waals surface area contributed by atoms with E-state index in [0.29, 0.717) is 0 Å².